The minimum Gasteiger partial charge on any atom is -0.493 e. The van der Waals surface area contributed by atoms with Gasteiger partial charge in [0, 0.05) is 17.4 Å². The second kappa shape index (κ2) is 10.2. The van der Waals surface area contributed by atoms with E-state index in [9.17, 15) is 25.5 Å². The lowest BCUT2D eigenvalue weighted by molar-refractivity contribution is -0.301. The van der Waals surface area contributed by atoms with E-state index in [0.29, 0.717) is 34.2 Å². The number of hydrogen-bond acceptors (Lipinski definition) is 11. The maximum atomic E-state index is 10.8. The first-order valence-electron chi connectivity index (χ1n) is 11.5. The van der Waals surface area contributed by atoms with E-state index >= 15 is 0 Å². The van der Waals surface area contributed by atoms with Crippen LogP contribution in [0.1, 0.15) is 18.1 Å². The van der Waals surface area contributed by atoms with E-state index in [4.69, 9.17) is 28.1 Å². The smallest absolute Gasteiger partial charge is 0.231 e. The molecule has 2 aliphatic heterocycles. The lowest BCUT2D eigenvalue weighted by Gasteiger charge is -2.39. The summed E-state index contributed by atoms with van der Waals surface area (Å²) < 4.78 is 33.2. The van der Waals surface area contributed by atoms with Gasteiger partial charge >= 0.3 is 0 Å². The van der Waals surface area contributed by atoms with Crippen LogP contribution in [0.5, 0.6) is 17.2 Å². The first-order valence-corrected chi connectivity index (χ1v) is 11.5. The zero-order valence-corrected chi connectivity index (χ0v) is 19.4. The molecule has 0 spiro atoms. The Bertz CT molecular complexity index is 1210. The first kappa shape index (κ1) is 24.8. The normalized spacial score (nSPS) is 26.3. The molecular formula is C25H28O11. The number of hydrogen-bond donors (Lipinski definition) is 5. The summed E-state index contributed by atoms with van der Waals surface area (Å²) in [5.74, 6) is 2.35. The number of ether oxygens (including phenoxy) is 5. The van der Waals surface area contributed by atoms with Crippen molar-refractivity contribution in [3.8, 4) is 28.6 Å². The predicted octanol–water partition coefficient (Wildman–Crippen LogP) is 1.08. The monoisotopic (exact) mass is 504 g/mol. The van der Waals surface area contributed by atoms with Gasteiger partial charge < -0.3 is 53.6 Å². The second-order valence-corrected chi connectivity index (χ2v) is 8.69. The van der Waals surface area contributed by atoms with E-state index in [-0.39, 0.29) is 19.8 Å². The third-order valence-corrected chi connectivity index (χ3v) is 6.39. The molecule has 0 saturated carbocycles. The highest BCUT2D eigenvalue weighted by molar-refractivity contribution is 5.88. The van der Waals surface area contributed by atoms with Crippen LogP contribution in [0.3, 0.4) is 0 Å². The topological polar surface area (TPSA) is 160 Å². The molecule has 3 aromatic rings. The highest BCUT2D eigenvalue weighted by Gasteiger charge is 2.44. The van der Waals surface area contributed by atoms with Gasteiger partial charge in [0.2, 0.25) is 6.79 Å². The number of methoxy groups -OCH3 is 1. The molecule has 5 rings (SSSR count). The van der Waals surface area contributed by atoms with Crippen molar-refractivity contribution in [1.29, 1.82) is 0 Å². The number of benzene rings is 2. The van der Waals surface area contributed by atoms with Crippen LogP contribution in [-0.2, 0) is 9.47 Å². The largest absolute Gasteiger partial charge is 0.493 e. The van der Waals surface area contributed by atoms with E-state index < -0.39 is 43.4 Å². The third kappa shape index (κ3) is 4.62. The maximum Gasteiger partial charge on any atom is 0.231 e. The summed E-state index contributed by atoms with van der Waals surface area (Å²) in [4.78, 5) is 0. The minimum atomic E-state index is -1.53. The Morgan fingerprint density at radius 3 is 2.58 bits per heavy atom. The average molecular weight is 504 g/mol. The zero-order valence-electron chi connectivity index (χ0n) is 19.4. The molecule has 2 aliphatic rings. The van der Waals surface area contributed by atoms with Crippen LogP contribution < -0.4 is 14.2 Å². The number of fused-ring (bicyclic) bond motifs is 2. The molecule has 5 N–H and O–H groups in total. The summed E-state index contributed by atoms with van der Waals surface area (Å²) in [6.45, 7) is -0.404. The van der Waals surface area contributed by atoms with Crippen LogP contribution >= 0.6 is 0 Å². The van der Waals surface area contributed by atoms with Crippen molar-refractivity contribution >= 4 is 11.0 Å². The fourth-order valence-corrected chi connectivity index (χ4v) is 4.35. The minimum absolute atomic E-state index is 0.0297. The van der Waals surface area contributed by atoms with Crippen molar-refractivity contribution in [3.63, 3.8) is 0 Å². The van der Waals surface area contributed by atoms with Gasteiger partial charge in [0.1, 0.15) is 30.2 Å². The SMILES string of the molecule is COc1cc(C(O)CCOC2OC(CO)C(O)C(O)C2O)cc2cc(-c3ccc4c(c3)OCO4)oc12. The molecule has 194 valence electrons. The molecule has 11 nitrogen and oxygen atoms in total. The number of aliphatic hydroxyl groups excluding tert-OH is 5. The summed E-state index contributed by atoms with van der Waals surface area (Å²) in [5, 5.41) is 50.7. The van der Waals surface area contributed by atoms with Gasteiger partial charge in [-0.2, -0.15) is 0 Å². The highest BCUT2D eigenvalue weighted by Crippen LogP contribution is 2.40. The number of furan rings is 1. The second-order valence-electron chi connectivity index (χ2n) is 8.69. The van der Waals surface area contributed by atoms with E-state index in [0.717, 1.165) is 10.9 Å². The zero-order chi connectivity index (χ0) is 25.4. The predicted molar refractivity (Wildman–Crippen MR) is 124 cm³/mol. The fraction of sp³-hybridized carbons (Fsp3) is 0.440. The molecule has 3 heterocycles. The molecule has 0 amide bonds. The van der Waals surface area contributed by atoms with Crippen LogP contribution in [0.15, 0.2) is 40.8 Å². The van der Waals surface area contributed by atoms with Gasteiger partial charge in [0.25, 0.3) is 0 Å². The number of aliphatic hydroxyl groups is 5. The Balaban J connectivity index is 1.29. The average Bonchev–Trinajstić information content (AvgIpc) is 3.54. The van der Waals surface area contributed by atoms with Crippen LogP contribution in [0.2, 0.25) is 0 Å². The van der Waals surface area contributed by atoms with E-state index in [1.807, 2.05) is 24.3 Å². The van der Waals surface area contributed by atoms with Gasteiger partial charge in [-0.25, -0.2) is 0 Å². The molecule has 11 heteroatoms. The molecule has 6 atom stereocenters. The molecule has 6 unspecified atom stereocenters. The molecule has 2 aromatic carbocycles. The summed E-state index contributed by atoms with van der Waals surface area (Å²) in [6, 6.07) is 10.8. The molecule has 0 radical (unpaired) electrons. The van der Waals surface area contributed by atoms with Crippen LogP contribution in [0.25, 0.3) is 22.3 Å². The van der Waals surface area contributed by atoms with Crippen molar-refractivity contribution in [2.45, 2.75) is 43.2 Å². The van der Waals surface area contributed by atoms with Gasteiger partial charge in [-0.15, -0.1) is 0 Å². The number of rotatable bonds is 8. The van der Waals surface area contributed by atoms with Crippen LogP contribution in [0.4, 0.5) is 0 Å². The summed E-state index contributed by atoms with van der Waals surface area (Å²) >= 11 is 0. The third-order valence-electron chi connectivity index (χ3n) is 6.39. The lowest BCUT2D eigenvalue weighted by Crippen LogP contribution is -2.59. The van der Waals surface area contributed by atoms with E-state index in [1.54, 1.807) is 12.1 Å². The lowest BCUT2D eigenvalue weighted by atomic mass is 9.99. The quantitative estimate of drug-likeness (QED) is 0.299. The molecule has 0 bridgehead atoms. The van der Waals surface area contributed by atoms with Gasteiger partial charge in [0.15, 0.2) is 29.1 Å². The summed E-state index contributed by atoms with van der Waals surface area (Å²) in [5.41, 5.74) is 1.89. The van der Waals surface area contributed by atoms with Gasteiger partial charge in [-0.1, -0.05) is 0 Å². The van der Waals surface area contributed by atoms with Crippen LogP contribution in [-0.4, -0.2) is 83.4 Å². The molecule has 1 saturated heterocycles. The molecule has 0 aliphatic carbocycles. The Kier molecular flexibility index (Phi) is 7.04. The molecule has 1 fully saturated rings. The summed E-state index contributed by atoms with van der Waals surface area (Å²) in [6.07, 6.45) is -7.64. The summed E-state index contributed by atoms with van der Waals surface area (Å²) in [7, 11) is 1.51. The van der Waals surface area contributed by atoms with Crippen molar-refractivity contribution in [1.82, 2.24) is 0 Å². The van der Waals surface area contributed by atoms with Crippen molar-refractivity contribution in [2.24, 2.45) is 0 Å². The fourth-order valence-electron chi connectivity index (χ4n) is 4.35. The maximum absolute atomic E-state index is 10.8. The molecule has 1 aromatic heterocycles. The van der Waals surface area contributed by atoms with Gasteiger partial charge in [-0.3, -0.25) is 0 Å². The Labute approximate surface area is 206 Å². The van der Waals surface area contributed by atoms with E-state index in [1.165, 1.54) is 7.11 Å². The standard InChI is InChI=1S/C25H28O11/c1-31-19-8-13(15(27)4-5-32-25-23(30)22(29)21(28)20(10-26)36-25)6-14-9-17(35-24(14)19)12-2-3-16-18(7-12)34-11-33-16/h2-3,6-9,15,20-23,25-30H,4-5,10-11H2,1H3. The molecule has 36 heavy (non-hydrogen) atoms. The highest BCUT2D eigenvalue weighted by atomic mass is 16.7. The van der Waals surface area contributed by atoms with Crippen molar-refractivity contribution < 1.29 is 53.6 Å². The van der Waals surface area contributed by atoms with Gasteiger partial charge in [-0.05, 0) is 42.0 Å². The Morgan fingerprint density at radius 1 is 1.00 bits per heavy atom. The van der Waals surface area contributed by atoms with E-state index in [2.05, 4.69) is 0 Å². The molecular weight excluding hydrogens is 476 g/mol. The Morgan fingerprint density at radius 2 is 1.81 bits per heavy atom. The van der Waals surface area contributed by atoms with Crippen molar-refractivity contribution in [3.05, 3.63) is 42.0 Å². The first-order chi connectivity index (χ1) is 17.4. The Hall–Kier alpha value is -2.90. The van der Waals surface area contributed by atoms with Crippen molar-refractivity contribution in [2.75, 3.05) is 27.1 Å². The van der Waals surface area contributed by atoms with Gasteiger partial charge in [0.05, 0.1) is 26.4 Å². The van der Waals surface area contributed by atoms with Crippen LogP contribution in [0, 0.1) is 0 Å².